The minimum atomic E-state index is -0.0246. The average molecular weight is 389 g/mol. The summed E-state index contributed by atoms with van der Waals surface area (Å²) in [6.07, 6.45) is 10.2. The second kappa shape index (κ2) is 7.40. The van der Waals surface area contributed by atoms with Crippen molar-refractivity contribution in [2.45, 2.75) is 65.2 Å². The van der Waals surface area contributed by atoms with Crippen molar-refractivity contribution < 1.29 is 9.59 Å². The van der Waals surface area contributed by atoms with Gasteiger partial charge in [0.2, 0.25) is 0 Å². The molecular weight excluding hydrogens is 356 g/mol. The Balaban J connectivity index is 0.000000960. The molecule has 4 aliphatic carbocycles. The van der Waals surface area contributed by atoms with E-state index in [2.05, 4.69) is 13.8 Å². The lowest BCUT2D eigenvalue weighted by Crippen LogP contribution is -2.50. The molecule has 24 heavy (non-hydrogen) atoms. The van der Waals surface area contributed by atoms with Gasteiger partial charge in [-0.2, -0.15) is 40.5 Å². The number of carbonyl (C=O) groups excluding carboxylic acids is 2. The van der Waals surface area contributed by atoms with Gasteiger partial charge in [-0.25, -0.2) is 0 Å². The summed E-state index contributed by atoms with van der Waals surface area (Å²) in [6, 6.07) is 0. The number of fused-ring (bicyclic) bond motifs is 5. The summed E-state index contributed by atoms with van der Waals surface area (Å²) in [5.41, 5.74) is 1.64. The molecule has 2 unspecified atom stereocenters. The van der Waals surface area contributed by atoms with Crippen molar-refractivity contribution in [3.63, 3.8) is 0 Å². The van der Waals surface area contributed by atoms with Gasteiger partial charge in [0.05, 0.1) is 0 Å². The van der Waals surface area contributed by atoms with Gasteiger partial charge in [0.15, 0.2) is 5.78 Å². The Hall–Kier alpha value is 0.130. The lowest BCUT2D eigenvalue weighted by Gasteiger charge is -2.56. The lowest BCUT2D eigenvalue weighted by atomic mass is 9.47. The predicted molar refractivity (Wildman–Crippen MR) is 113 cm³/mol. The van der Waals surface area contributed by atoms with Crippen LogP contribution in [0.4, 0.5) is 0 Å². The molecule has 0 spiro atoms. The molecule has 4 rings (SSSR count). The molecule has 0 radical (unpaired) electrons. The molecular formula is C19H32O2S3. The minimum absolute atomic E-state index is 0. The van der Waals surface area contributed by atoms with Crippen LogP contribution >= 0.6 is 40.5 Å². The first-order valence-electron chi connectivity index (χ1n) is 8.72. The molecule has 0 aliphatic heterocycles. The topological polar surface area (TPSA) is 34.1 Å². The van der Waals surface area contributed by atoms with Gasteiger partial charge in [0.1, 0.15) is 5.78 Å². The Morgan fingerprint density at radius 2 is 1.50 bits per heavy atom. The van der Waals surface area contributed by atoms with Gasteiger partial charge in [-0.3, -0.25) is 9.59 Å². The van der Waals surface area contributed by atoms with Crippen LogP contribution in [-0.2, 0) is 9.59 Å². The highest BCUT2D eigenvalue weighted by Crippen LogP contribution is 2.64. The van der Waals surface area contributed by atoms with Crippen molar-refractivity contribution >= 4 is 52.1 Å². The summed E-state index contributed by atoms with van der Waals surface area (Å²) in [4.78, 5) is 24.1. The number of carbonyl (C=O) groups is 2. The highest BCUT2D eigenvalue weighted by molar-refractivity contribution is 7.59. The van der Waals surface area contributed by atoms with Crippen LogP contribution in [0.2, 0.25) is 0 Å². The third-order valence-electron chi connectivity index (χ3n) is 7.67. The van der Waals surface area contributed by atoms with E-state index < -0.39 is 0 Å². The molecule has 0 aromatic carbocycles. The van der Waals surface area contributed by atoms with E-state index >= 15 is 0 Å². The number of hydrogen-bond acceptors (Lipinski definition) is 2. The fourth-order valence-corrected chi connectivity index (χ4v) is 6.33. The second-order valence-corrected chi connectivity index (χ2v) is 8.39. The quantitative estimate of drug-likeness (QED) is 0.615. The number of ketones is 2. The standard InChI is InChI=1S/C19H26O2.3H2S/c1-18-9-7-13(20)11-12(18)3-4-14-15-5-6-17(21)19(15,2)10-8-16(14)18;;;/h11,14-16H,3-10H2,1-2H3;3*1H2/t14-,15?,16?,18-,19-;;;/m0.../s1. The average Bonchev–Trinajstić information content (AvgIpc) is 2.76. The van der Waals surface area contributed by atoms with Gasteiger partial charge in [-0.05, 0) is 67.8 Å². The number of Topliss-reactive ketones (excluding diaryl/α,β-unsaturated/α-hetero) is 1. The smallest absolute Gasteiger partial charge is 0.155 e. The summed E-state index contributed by atoms with van der Waals surface area (Å²) < 4.78 is 0. The Bertz CT molecular complexity index is 559. The zero-order chi connectivity index (χ0) is 14.8. The molecule has 0 amide bonds. The zero-order valence-corrected chi connectivity index (χ0v) is 17.8. The summed E-state index contributed by atoms with van der Waals surface area (Å²) in [5.74, 6) is 2.88. The third kappa shape index (κ3) is 2.92. The third-order valence-corrected chi connectivity index (χ3v) is 7.67. The van der Waals surface area contributed by atoms with Crippen LogP contribution < -0.4 is 0 Å². The summed E-state index contributed by atoms with van der Waals surface area (Å²) in [5, 5.41) is 0. The minimum Gasteiger partial charge on any atom is -0.299 e. The van der Waals surface area contributed by atoms with Crippen LogP contribution in [0.15, 0.2) is 11.6 Å². The molecule has 5 atom stereocenters. The van der Waals surface area contributed by atoms with Gasteiger partial charge in [-0.15, -0.1) is 0 Å². The SMILES string of the molecule is C[C@]12CCC(=O)C=C1CC[C@@H]1C2CC[C@]2(C)C(=O)CCC12.S.S.S. The predicted octanol–water partition coefficient (Wildman–Crippen LogP) is 4.43. The molecule has 138 valence electrons. The summed E-state index contributed by atoms with van der Waals surface area (Å²) in [7, 11) is 0. The molecule has 0 N–H and O–H groups in total. The molecule has 0 aromatic heterocycles. The number of hydrogen-bond donors (Lipinski definition) is 0. The Labute approximate surface area is 166 Å². The Kier molecular flexibility index (Phi) is 6.83. The Morgan fingerprint density at radius 1 is 0.833 bits per heavy atom. The van der Waals surface area contributed by atoms with E-state index in [9.17, 15) is 9.59 Å². The van der Waals surface area contributed by atoms with Gasteiger partial charge in [0.25, 0.3) is 0 Å². The highest BCUT2D eigenvalue weighted by atomic mass is 32.1. The first kappa shape index (κ1) is 22.2. The van der Waals surface area contributed by atoms with Crippen LogP contribution in [0.3, 0.4) is 0 Å². The van der Waals surface area contributed by atoms with Gasteiger partial charge in [0, 0.05) is 18.3 Å². The van der Waals surface area contributed by atoms with Gasteiger partial charge in [-0.1, -0.05) is 19.4 Å². The van der Waals surface area contributed by atoms with E-state index in [1.807, 2.05) is 6.08 Å². The first-order chi connectivity index (χ1) is 9.95. The van der Waals surface area contributed by atoms with E-state index in [4.69, 9.17) is 0 Å². The van der Waals surface area contributed by atoms with Crippen LogP contribution in [-0.4, -0.2) is 11.6 Å². The van der Waals surface area contributed by atoms with E-state index in [0.717, 1.165) is 38.5 Å². The monoisotopic (exact) mass is 388 g/mol. The normalized spacial score (nSPS) is 43.1. The van der Waals surface area contributed by atoms with E-state index in [-0.39, 0.29) is 51.3 Å². The van der Waals surface area contributed by atoms with Crippen molar-refractivity contribution in [1.82, 2.24) is 0 Å². The fraction of sp³-hybridized carbons (Fsp3) is 0.789. The first-order valence-corrected chi connectivity index (χ1v) is 8.72. The van der Waals surface area contributed by atoms with E-state index in [1.54, 1.807) is 0 Å². The van der Waals surface area contributed by atoms with E-state index in [1.165, 1.54) is 18.4 Å². The molecule has 3 saturated carbocycles. The van der Waals surface area contributed by atoms with Crippen LogP contribution in [0.1, 0.15) is 65.2 Å². The maximum Gasteiger partial charge on any atom is 0.155 e. The van der Waals surface area contributed by atoms with Gasteiger partial charge >= 0.3 is 0 Å². The maximum absolute atomic E-state index is 12.4. The fourth-order valence-electron chi connectivity index (χ4n) is 6.33. The molecule has 5 heteroatoms. The number of rotatable bonds is 0. The summed E-state index contributed by atoms with van der Waals surface area (Å²) >= 11 is 0. The largest absolute Gasteiger partial charge is 0.299 e. The molecule has 4 aliphatic rings. The van der Waals surface area contributed by atoms with E-state index in [0.29, 0.717) is 29.3 Å². The molecule has 0 aromatic rings. The van der Waals surface area contributed by atoms with Crippen molar-refractivity contribution in [2.75, 3.05) is 0 Å². The van der Waals surface area contributed by atoms with Crippen molar-refractivity contribution in [3.8, 4) is 0 Å². The highest BCUT2D eigenvalue weighted by Gasteiger charge is 2.58. The lowest BCUT2D eigenvalue weighted by molar-refractivity contribution is -0.132. The molecule has 2 nitrogen and oxygen atoms in total. The molecule has 0 bridgehead atoms. The van der Waals surface area contributed by atoms with Crippen LogP contribution in [0.5, 0.6) is 0 Å². The van der Waals surface area contributed by atoms with Crippen LogP contribution in [0.25, 0.3) is 0 Å². The van der Waals surface area contributed by atoms with Crippen molar-refractivity contribution in [1.29, 1.82) is 0 Å². The molecule has 0 saturated heterocycles. The van der Waals surface area contributed by atoms with Crippen molar-refractivity contribution in [2.24, 2.45) is 28.6 Å². The second-order valence-electron chi connectivity index (χ2n) is 8.39. The van der Waals surface area contributed by atoms with Crippen LogP contribution in [0, 0.1) is 28.6 Å². The number of allylic oxidation sites excluding steroid dienone is 1. The zero-order valence-electron chi connectivity index (χ0n) is 14.8. The molecule has 3 fully saturated rings. The maximum atomic E-state index is 12.4. The van der Waals surface area contributed by atoms with Crippen molar-refractivity contribution in [3.05, 3.63) is 11.6 Å². The Morgan fingerprint density at radius 3 is 2.21 bits per heavy atom. The molecule has 0 heterocycles. The van der Waals surface area contributed by atoms with Gasteiger partial charge < -0.3 is 0 Å². The summed E-state index contributed by atoms with van der Waals surface area (Å²) in [6.45, 7) is 4.64.